The minimum absolute atomic E-state index is 0. The summed E-state index contributed by atoms with van der Waals surface area (Å²) in [5, 5.41) is 3.28. The Morgan fingerprint density at radius 1 is 0.571 bits per heavy atom. The normalized spacial score (nSPS) is 18.6. The Labute approximate surface area is 496 Å². The smallest absolute Gasteiger partial charge is 0.587 e. The summed E-state index contributed by atoms with van der Waals surface area (Å²) >= 11 is 5.45. The summed E-state index contributed by atoms with van der Waals surface area (Å²) in [6.45, 7) is 17.0. The maximum Gasteiger partial charge on any atom is 1.00 e. The molecule has 5 aliphatic heterocycles. The maximum absolute atomic E-state index is 14.8. The van der Waals surface area contributed by atoms with Crippen molar-refractivity contribution in [2.24, 2.45) is 0 Å². The van der Waals surface area contributed by atoms with Crippen molar-refractivity contribution in [1.82, 2.24) is 19.6 Å². The largest absolute Gasteiger partial charge is 1.00 e. The molecule has 0 aliphatic carbocycles. The van der Waals surface area contributed by atoms with Crippen LogP contribution in [-0.2, 0) is 28.5 Å². The summed E-state index contributed by atoms with van der Waals surface area (Å²) in [4.78, 5) is 87.8. The van der Waals surface area contributed by atoms with Crippen LogP contribution in [0.4, 0.5) is 27.6 Å². The van der Waals surface area contributed by atoms with Crippen LogP contribution >= 0.6 is 11.6 Å². The Bertz CT molecular complexity index is 2670. The molecule has 0 radical (unpaired) electrons. The first-order valence-electron chi connectivity index (χ1n) is 24.6. The number of carbonyl (C=O) groups excluding carboxylic acids is 7. The second kappa shape index (κ2) is 29.0. The van der Waals surface area contributed by atoms with Crippen LogP contribution in [0.5, 0.6) is 0 Å². The van der Waals surface area contributed by atoms with Crippen LogP contribution in [0, 0.1) is 0 Å². The quantitative estimate of drug-likeness (QED) is 0.0897. The molecule has 0 atom stereocenters. The Kier molecular flexibility index (Phi) is 25.1. The summed E-state index contributed by atoms with van der Waals surface area (Å²) in [5.41, 5.74) is 1.04. The molecule has 77 heavy (non-hydrogen) atoms. The maximum atomic E-state index is 14.8. The number of hydrogen-bond acceptors (Lipinski definition) is 13. The molecular formula is C53H68ClF3KN5O13S. The zero-order chi connectivity index (χ0) is 56.9. The molecule has 0 saturated carbocycles. The fourth-order valence-electron chi connectivity index (χ4n) is 7.78. The standard InChI is InChI=1S/C20H23FN2O4.C13H22FNO5S.C12H19ClFNO2.C8H5NO2.K/c1-20(2,3)27-19(26)22-10-6-7-13(11-22)16(21)12-23-17(24)14-8-4-5-9-15(14)18(23)25;1-13(2,3)20-12(16)15-7-5-6-10(8-15)11(14)9-19-21(4,17)18;1-12(2,3)17-11(16)15-6-4-5-9(8-15)10(14)7-13;10-7-5-3-1-2-4-6(5)8(11)9-7;/h4-5,8-9H,6-7,10-12H2,1-3H3;5-9H2,1-4H3;4-8H2,1-3H3;1-4H,(H,9,10,11);/q;;;;+1/p-1/b16-13+;11-10+;10-9+;;. The third kappa shape index (κ3) is 21.5. The minimum atomic E-state index is -3.69. The molecule has 2 aromatic rings. The Hall–Kier alpha value is -4.62. The van der Waals surface area contributed by atoms with Gasteiger partial charge in [-0.3, -0.25) is 18.7 Å². The molecule has 3 saturated heterocycles. The third-order valence-electron chi connectivity index (χ3n) is 11.3. The number of nitrogens with zero attached hydrogens (tertiary/aromatic N) is 5. The first-order valence-corrected chi connectivity index (χ1v) is 26.9. The van der Waals surface area contributed by atoms with Gasteiger partial charge >= 0.3 is 69.7 Å². The van der Waals surface area contributed by atoms with Crippen molar-refractivity contribution in [2.75, 3.05) is 64.6 Å². The van der Waals surface area contributed by atoms with Crippen molar-refractivity contribution in [2.45, 2.75) is 118 Å². The van der Waals surface area contributed by atoms with Crippen molar-refractivity contribution >= 4 is 63.6 Å². The molecule has 7 rings (SSSR count). The van der Waals surface area contributed by atoms with Gasteiger partial charge in [0, 0.05) is 50.4 Å². The van der Waals surface area contributed by atoms with Crippen LogP contribution in [0.2, 0.25) is 0 Å². The van der Waals surface area contributed by atoms with Gasteiger partial charge < -0.3 is 43.8 Å². The van der Waals surface area contributed by atoms with E-state index < -0.39 is 93.6 Å². The first kappa shape index (κ1) is 66.7. The second-order valence-electron chi connectivity index (χ2n) is 21.2. The van der Waals surface area contributed by atoms with E-state index in [1.165, 1.54) is 14.7 Å². The molecule has 5 heterocycles. The van der Waals surface area contributed by atoms with Crippen LogP contribution < -0.4 is 51.4 Å². The minimum Gasteiger partial charge on any atom is -0.587 e. The van der Waals surface area contributed by atoms with Gasteiger partial charge in [-0.15, -0.1) is 11.6 Å². The van der Waals surface area contributed by atoms with Crippen LogP contribution in [0.3, 0.4) is 0 Å². The van der Waals surface area contributed by atoms with Gasteiger partial charge in [-0.05, 0) is 130 Å². The van der Waals surface area contributed by atoms with E-state index in [1.54, 1.807) is 90.1 Å². The van der Waals surface area contributed by atoms with Crippen molar-refractivity contribution in [3.05, 3.63) is 110 Å². The molecule has 18 nitrogen and oxygen atoms in total. The van der Waals surface area contributed by atoms with Crippen molar-refractivity contribution in [3.8, 4) is 0 Å². The molecule has 0 spiro atoms. The van der Waals surface area contributed by atoms with Gasteiger partial charge in [0.25, 0.3) is 21.9 Å². The van der Waals surface area contributed by atoms with Crippen molar-refractivity contribution in [1.29, 1.82) is 0 Å². The summed E-state index contributed by atoms with van der Waals surface area (Å²) in [6.07, 6.45) is 3.04. The number of amides is 7. The number of allylic oxidation sites excluding steroid dienone is 1. The van der Waals surface area contributed by atoms with Crippen LogP contribution in [0.1, 0.15) is 142 Å². The molecule has 3 fully saturated rings. The summed E-state index contributed by atoms with van der Waals surface area (Å²) in [7, 11) is -3.69. The fraction of sp³-hybridized carbons (Fsp3) is 0.528. The summed E-state index contributed by atoms with van der Waals surface area (Å²) < 4.78 is 84.1. The molecule has 0 aromatic heterocycles. The van der Waals surface area contributed by atoms with E-state index in [0.717, 1.165) is 17.6 Å². The third-order valence-corrected chi connectivity index (χ3v) is 12.0. The number of benzene rings is 2. The fourth-order valence-corrected chi connectivity index (χ4v) is 8.29. The van der Waals surface area contributed by atoms with E-state index in [2.05, 4.69) is 9.50 Å². The average Bonchev–Trinajstić information content (AvgIpc) is 3.77. The van der Waals surface area contributed by atoms with E-state index in [4.69, 9.17) is 25.8 Å². The van der Waals surface area contributed by atoms with Crippen molar-refractivity contribution < 1.29 is 125 Å². The van der Waals surface area contributed by atoms with Gasteiger partial charge in [-0.2, -0.15) is 8.42 Å². The van der Waals surface area contributed by atoms with E-state index in [9.17, 15) is 55.2 Å². The molecular weight excluding hydrogens is 1080 g/mol. The number of hydrogen-bond donors (Lipinski definition) is 0. The van der Waals surface area contributed by atoms with Gasteiger partial charge in [-0.1, -0.05) is 36.4 Å². The van der Waals surface area contributed by atoms with Crippen LogP contribution in [-0.4, -0.2) is 151 Å². The number of ether oxygens (including phenoxy) is 3. The molecule has 0 N–H and O–H groups in total. The second-order valence-corrected chi connectivity index (χ2v) is 23.1. The van der Waals surface area contributed by atoms with E-state index in [1.807, 2.05) is 20.8 Å². The van der Waals surface area contributed by atoms with Gasteiger partial charge in [0.15, 0.2) is 0 Å². The van der Waals surface area contributed by atoms with Crippen molar-refractivity contribution in [3.63, 3.8) is 0 Å². The summed E-state index contributed by atoms with van der Waals surface area (Å²) in [5.74, 6) is -3.47. The van der Waals surface area contributed by atoms with Gasteiger partial charge in [-0.25, -0.2) is 27.6 Å². The number of carbonyl (C=O) groups is 7. The molecule has 24 heteroatoms. The molecule has 7 amide bonds. The van der Waals surface area contributed by atoms with Gasteiger partial charge in [0.1, 0.15) is 40.9 Å². The number of halogens is 4. The van der Waals surface area contributed by atoms with E-state index in [-0.39, 0.29) is 82.7 Å². The molecule has 0 unspecified atom stereocenters. The predicted octanol–water partition coefficient (Wildman–Crippen LogP) is 7.59. The number of rotatable bonds is 6. The van der Waals surface area contributed by atoms with Crippen LogP contribution in [0.25, 0.3) is 5.32 Å². The Morgan fingerprint density at radius 3 is 1.22 bits per heavy atom. The van der Waals surface area contributed by atoms with E-state index >= 15 is 0 Å². The number of fused-ring (bicyclic) bond motifs is 2. The predicted molar refractivity (Wildman–Crippen MR) is 277 cm³/mol. The number of imide groups is 2. The summed E-state index contributed by atoms with van der Waals surface area (Å²) in [6, 6.07) is 13.1. The monoisotopic (exact) mass is 1150 g/mol. The number of piperidine rings is 3. The zero-order valence-electron chi connectivity index (χ0n) is 45.7. The number of likely N-dealkylation sites (tertiary alicyclic amines) is 3. The SMILES string of the molecule is CC(C)(C)OC(=O)N1CCC/C(=C(\F)CCl)C1.CC(C)(C)OC(=O)N1CCC/C(=C(\F)CN2C(=O)c3ccccc3C2=O)C1.CC(C)(C)OC(=O)N1CCC/C(=C(\F)COS(C)(=O)=O)C1.O=C1[N-]C(=O)c2ccccc21.[K+]. The average molecular weight is 1150 g/mol. The van der Waals surface area contributed by atoms with Gasteiger partial charge in [0.2, 0.25) is 0 Å². The Balaban J connectivity index is 0.000000280. The first-order chi connectivity index (χ1) is 35.3. The Morgan fingerprint density at radius 2 is 0.896 bits per heavy atom. The number of alkyl halides is 1. The zero-order valence-corrected chi connectivity index (χ0v) is 50.4. The van der Waals surface area contributed by atoms with Gasteiger partial charge in [0.05, 0.1) is 41.6 Å². The molecule has 0 bridgehead atoms. The van der Waals surface area contributed by atoms with Crippen LogP contribution in [0.15, 0.2) is 82.7 Å². The molecule has 5 aliphatic rings. The molecule has 2 aromatic carbocycles. The van der Waals surface area contributed by atoms with E-state index in [0.29, 0.717) is 90.7 Å². The molecule has 418 valence electrons. The topological polar surface area (TPSA) is 218 Å².